The molecule has 11 heteroatoms. The molecular weight excluding hydrogens is 511 g/mol. The zero-order valence-electron chi connectivity index (χ0n) is 20.7. The maximum Gasteiger partial charge on any atom is 0.423 e. The highest BCUT2D eigenvalue weighted by Gasteiger charge is 2.40. The van der Waals surface area contributed by atoms with Crippen molar-refractivity contribution in [1.82, 2.24) is 15.3 Å². The fourth-order valence-electron chi connectivity index (χ4n) is 3.56. The molecule has 1 heterocycles. The van der Waals surface area contributed by atoms with Crippen molar-refractivity contribution in [2.75, 3.05) is 0 Å². The number of amides is 1. The molecule has 0 radical (unpaired) electrons. The first-order valence-electron chi connectivity index (χ1n) is 11.3. The van der Waals surface area contributed by atoms with Gasteiger partial charge >= 0.3 is 6.18 Å². The molecule has 0 unspecified atom stereocenters. The molecule has 0 saturated carbocycles. The number of phenols is 1. The van der Waals surface area contributed by atoms with Gasteiger partial charge in [0.25, 0.3) is 5.91 Å². The smallest absolute Gasteiger partial charge is 0.423 e. The monoisotopic (exact) mass is 537 g/mol. The number of carbonyl (C=O) groups is 2. The van der Waals surface area contributed by atoms with E-state index in [9.17, 15) is 27.9 Å². The first kappa shape index (κ1) is 28.0. The van der Waals surface area contributed by atoms with Crippen molar-refractivity contribution in [2.24, 2.45) is 5.41 Å². The number of rotatable bonds is 8. The van der Waals surface area contributed by atoms with Crippen LogP contribution in [0.25, 0.3) is 0 Å². The number of aromatic hydroxyl groups is 1. The van der Waals surface area contributed by atoms with Gasteiger partial charge in [0.05, 0.1) is 11.8 Å². The molecule has 0 saturated heterocycles. The minimum atomic E-state index is -4.96. The number of alkyl halides is 3. The molecule has 0 spiro atoms. The Morgan fingerprint density at radius 1 is 1.16 bits per heavy atom. The normalized spacial score (nSPS) is 11.9. The Kier molecular flexibility index (Phi) is 8.22. The van der Waals surface area contributed by atoms with Crippen LogP contribution in [0.1, 0.15) is 70.6 Å². The van der Waals surface area contributed by atoms with Crippen molar-refractivity contribution in [3.8, 4) is 11.5 Å². The van der Waals surface area contributed by atoms with Gasteiger partial charge in [0.1, 0.15) is 35.2 Å². The van der Waals surface area contributed by atoms with Crippen molar-refractivity contribution >= 4 is 23.3 Å². The predicted octanol–water partition coefficient (Wildman–Crippen LogP) is 6.22. The molecule has 3 rings (SSSR count). The fraction of sp³-hybridized carbons (Fsp3) is 0.346. The number of benzene rings is 2. The highest BCUT2D eigenvalue weighted by Crippen LogP contribution is 2.44. The lowest BCUT2D eigenvalue weighted by Gasteiger charge is -2.20. The van der Waals surface area contributed by atoms with Crippen LogP contribution < -0.4 is 10.1 Å². The standard InChI is InChI=1S/C26H27ClF3N3O4/c1-14-31-12-19(33-14)24(36)32-11-15-5-6-16(18(27)9-15)13-37-21-8-7-17(20(34)10-25(2,3)4)23(35)22(21)26(28,29)30/h5-9,12,35H,10-11,13H2,1-4H3,(H,31,33)(H,32,36). The summed E-state index contributed by atoms with van der Waals surface area (Å²) in [4.78, 5) is 31.4. The summed E-state index contributed by atoms with van der Waals surface area (Å²) in [6.45, 7) is 6.87. The number of phenolic OH excluding ortho intramolecular Hbond substituents is 1. The van der Waals surface area contributed by atoms with E-state index in [1.807, 2.05) is 0 Å². The van der Waals surface area contributed by atoms with Crippen molar-refractivity contribution in [2.45, 2.75) is 53.4 Å². The SMILES string of the molecule is Cc1ncc(C(=O)NCc2ccc(COc3ccc(C(=O)CC(C)(C)C)c(O)c3C(F)(F)F)c(Cl)c2)[nH]1. The van der Waals surface area contributed by atoms with Crippen molar-refractivity contribution < 1.29 is 32.6 Å². The van der Waals surface area contributed by atoms with E-state index < -0.39 is 40.0 Å². The van der Waals surface area contributed by atoms with Gasteiger partial charge in [-0.15, -0.1) is 0 Å². The van der Waals surface area contributed by atoms with Crippen LogP contribution in [0.3, 0.4) is 0 Å². The van der Waals surface area contributed by atoms with E-state index in [1.54, 1.807) is 45.9 Å². The van der Waals surface area contributed by atoms with Crippen LogP contribution in [0.15, 0.2) is 36.5 Å². The number of nitrogens with one attached hydrogen (secondary N) is 2. The van der Waals surface area contributed by atoms with Crippen molar-refractivity contribution in [3.63, 3.8) is 0 Å². The summed E-state index contributed by atoms with van der Waals surface area (Å²) < 4.78 is 46.8. The second-order valence-corrected chi connectivity index (χ2v) is 10.2. The molecule has 37 heavy (non-hydrogen) atoms. The number of imidazole rings is 1. The second-order valence-electron chi connectivity index (χ2n) is 9.77. The van der Waals surface area contributed by atoms with Gasteiger partial charge in [0.15, 0.2) is 5.78 Å². The van der Waals surface area contributed by atoms with Crippen LogP contribution in [0.5, 0.6) is 11.5 Å². The molecule has 0 fully saturated rings. The zero-order chi connectivity index (χ0) is 27.5. The van der Waals surface area contributed by atoms with Crippen molar-refractivity contribution in [3.05, 3.63) is 75.3 Å². The number of carbonyl (C=O) groups excluding carboxylic acids is 2. The number of aromatic nitrogens is 2. The number of Topliss-reactive ketones (excluding diaryl/α,β-unsaturated/α-hetero) is 1. The van der Waals surface area contributed by atoms with Gasteiger partial charge in [-0.05, 0) is 36.1 Å². The Labute approximate surface area is 217 Å². The first-order chi connectivity index (χ1) is 17.2. The number of aryl methyl sites for hydroxylation is 1. The van der Waals surface area contributed by atoms with Gasteiger partial charge < -0.3 is 20.1 Å². The largest absolute Gasteiger partial charge is 0.506 e. The van der Waals surface area contributed by atoms with Crippen molar-refractivity contribution in [1.29, 1.82) is 0 Å². The van der Waals surface area contributed by atoms with Gasteiger partial charge in [0.2, 0.25) is 0 Å². The van der Waals surface area contributed by atoms with Gasteiger partial charge in [0, 0.05) is 23.6 Å². The summed E-state index contributed by atoms with van der Waals surface area (Å²) in [5, 5.41) is 13.3. The third-order valence-corrected chi connectivity index (χ3v) is 5.67. The Balaban J connectivity index is 1.74. The van der Waals surface area contributed by atoms with E-state index in [-0.39, 0.29) is 30.5 Å². The van der Waals surface area contributed by atoms with E-state index in [0.717, 1.165) is 12.1 Å². The zero-order valence-corrected chi connectivity index (χ0v) is 21.5. The number of ether oxygens (including phenoxy) is 1. The molecule has 0 bridgehead atoms. The summed E-state index contributed by atoms with van der Waals surface area (Å²) >= 11 is 6.30. The summed E-state index contributed by atoms with van der Waals surface area (Å²) in [5.41, 5.74) is -0.944. The lowest BCUT2D eigenvalue weighted by Crippen LogP contribution is -2.23. The Morgan fingerprint density at radius 2 is 1.86 bits per heavy atom. The summed E-state index contributed by atoms with van der Waals surface area (Å²) in [7, 11) is 0. The Bertz CT molecular complexity index is 1310. The summed E-state index contributed by atoms with van der Waals surface area (Å²) in [6.07, 6.45) is -3.59. The van der Waals surface area contributed by atoms with Gasteiger partial charge in [-0.1, -0.05) is 44.5 Å². The molecular formula is C26H27ClF3N3O4. The maximum atomic E-state index is 13.8. The van der Waals surface area contributed by atoms with E-state index in [2.05, 4.69) is 15.3 Å². The number of ketones is 1. The molecule has 2 aromatic carbocycles. The first-order valence-corrected chi connectivity index (χ1v) is 11.7. The summed E-state index contributed by atoms with van der Waals surface area (Å²) in [6, 6.07) is 6.93. The highest BCUT2D eigenvalue weighted by atomic mass is 35.5. The Morgan fingerprint density at radius 3 is 2.43 bits per heavy atom. The van der Waals surface area contributed by atoms with Crippen LogP contribution >= 0.6 is 11.6 Å². The molecule has 0 aliphatic rings. The van der Waals surface area contributed by atoms with E-state index in [4.69, 9.17) is 16.3 Å². The number of H-pyrrole nitrogens is 1. The molecule has 1 aromatic heterocycles. The Hall–Kier alpha value is -3.53. The van der Waals surface area contributed by atoms with Gasteiger partial charge in [-0.2, -0.15) is 13.2 Å². The number of hydrogen-bond donors (Lipinski definition) is 3. The number of halogens is 4. The third kappa shape index (κ3) is 7.25. The highest BCUT2D eigenvalue weighted by molar-refractivity contribution is 6.31. The lowest BCUT2D eigenvalue weighted by atomic mass is 9.87. The van der Waals surface area contributed by atoms with Crippen LogP contribution in [0.2, 0.25) is 5.02 Å². The molecule has 3 aromatic rings. The second kappa shape index (κ2) is 10.8. The van der Waals surface area contributed by atoms with E-state index in [1.165, 1.54) is 6.20 Å². The van der Waals surface area contributed by atoms with Crippen LogP contribution in [-0.2, 0) is 19.3 Å². The van der Waals surface area contributed by atoms with Crippen LogP contribution in [-0.4, -0.2) is 26.8 Å². The maximum absolute atomic E-state index is 13.8. The van der Waals surface area contributed by atoms with Crippen LogP contribution in [0.4, 0.5) is 13.2 Å². The topological polar surface area (TPSA) is 104 Å². The summed E-state index contributed by atoms with van der Waals surface area (Å²) in [5.74, 6) is -2.14. The molecule has 3 N–H and O–H groups in total. The minimum absolute atomic E-state index is 0.0397. The average molecular weight is 538 g/mol. The lowest BCUT2D eigenvalue weighted by molar-refractivity contribution is -0.140. The third-order valence-electron chi connectivity index (χ3n) is 5.32. The number of aromatic amines is 1. The fourth-order valence-corrected chi connectivity index (χ4v) is 3.81. The van der Waals surface area contributed by atoms with Gasteiger partial charge in [-0.3, -0.25) is 9.59 Å². The predicted molar refractivity (Wildman–Crippen MR) is 132 cm³/mol. The van der Waals surface area contributed by atoms with Crippen LogP contribution in [0, 0.1) is 12.3 Å². The van der Waals surface area contributed by atoms with E-state index >= 15 is 0 Å². The molecule has 0 atom stereocenters. The molecule has 198 valence electrons. The van der Waals surface area contributed by atoms with Gasteiger partial charge in [-0.25, -0.2) is 4.98 Å². The molecule has 1 amide bonds. The quantitative estimate of drug-likeness (QED) is 0.296. The molecule has 0 aliphatic heterocycles. The average Bonchev–Trinajstić information content (AvgIpc) is 3.21. The number of hydrogen-bond acceptors (Lipinski definition) is 5. The number of nitrogens with zero attached hydrogens (tertiary/aromatic N) is 1. The minimum Gasteiger partial charge on any atom is -0.506 e. The molecule has 0 aliphatic carbocycles. The van der Waals surface area contributed by atoms with E-state index in [0.29, 0.717) is 22.6 Å². The molecule has 7 nitrogen and oxygen atoms in total.